The van der Waals surface area contributed by atoms with Gasteiger partial charge in [-0.15, -0.1) is 0 Å². The van der Waals surface area contributed by atoms with Gasteiger partial charge in [0.1, 0.15) is 4.90 Å². The van der Waals surface area contributed by atoms with Crippen LogP contribution in [0.4, 0.5) is 0 Å². The molecule has 1 aliphatic rings. The van der Waals surface area contributed by atoms with Crippen LogP contribution < -0.4 is 10.5 Å². The average molecular weight is 316 g/mol. The molecule has 120 valence electrons. The van der Waals surface area contributed by atoms with E-state index >= 15 is 0 Å². The van der Waals surface area contributed by atoms with E-state index in [0.717, 1.165) is 19.6 Å². The highest BCUT2D eigenvalue weighted by Crippen LogP contribution is 2.17. The Morgan fingerprint density at radius 1 is 1.43 bits per heavy atom. The van der Waals surface area contributed by atoms with Crippen LogP contribution in [-0.2, 0) is 16.6 Å². The van der Waals surface area contributed by atoms with Gasteiger partial charge in [0.25, 0.3) is 0 Å². The molecule has 0 saturated carbocycles. The summed E-state index contributed by atoms with van der Waals surface area (Å²) in [5.41, 5.74) is 6.43. The van der Waals surface area contributed by atoms with Crippen LogP contribution in [0.3, 0.4) is 0 Å². The summed E-state index contributed by atoms with van der Waals surface area (Å²) in [5, 5.41) is 6.61. The molecule has 1 atom stereocenters. The van der Waals surface area contributed by atoms with Gasteiger partial charge in [-0.05, 0) is 21.0 Å². The highest BCUT2D eigenvalue weighted by atomic mass is 32.2. The van der Waals surface area contributed by atoms with Crippen LogP contribution in [0, 0.1) is 6.92 Å². The number of piperazine rings is 1. The van der Waals surface area contributed by atoms with Gasteiger partial charge in [0.05, 0.1) is 11.4 Å². The summed E-state index contributed by atoms with van der Waals surface area (Å²) in [6.07, 6.45) is 0. The summed E-state index contributed by atoms with van der Waals surface area (Å²) in [5.74, 6) is 0. The first kappa shape index (κ1) is 16.4. The van der Waals surface area contributed by atoms with Crippen molar-refractivity contribution in [2.75, 3.05) is 40.3 Å². The van der Waals surface area contributed by atoms with Crippen molar-refractivity contribution in [1.29, 1.82) is 0 Å². The molecule has 4 N–H and O–H groups in total. The molecule has 0 spiro atoms. The molecule has 1 aliphatic heterocycles. The Kier molecular flexibility index (Phi) is 4.99. The van der Waals surface area contributed by atoms with Crippen molar-refractivity contribution >= 4 is 10.0 Å². The summed E-state index contributed by atoms with van der Waals surface area (Å²) in [4.78, 5) is 4.55. The Bertz CT molecular complexity index is 585. The standard InChI is InChI=1S/C12H24N6O2S/c1-9-12(11(6-13)16-15-9)21(19,20)14-7-10-8-17(2)4-5-18(10)3/h10,14H,4-8,13H2,1-3H3,(H,15,16). The first-order valence-electron chi connectivity index (χ1n) is 6.97. The molecular weight excluding hydrogens is 292 g/mol. The van der Waals surface area contributed by atoms with Gasteiger partial charge in [-0.1, -0.05) is 0 Å². The number of rotatable bonds is 5. The number of nitrogens with zero attached hydrogens (tertiary/aromatic N) is 3. The molecule has 1 saturated heterocycles. The lowest BCUT2D eigenvalue weighted by atomic mass is 10.2. The molecule has 2 rings (SSSR count). The first-order chi connectivity index (χ1) is 9.85. The fraction of sp³-hybridized carbons (Fsp3) is 0.750. The number of likely N-dealkylation sites (N-methyl/N-ethyl adjacent to an activating group) is 2. The minimum atomic E-state index is -3.60. The molecule has 2 heterocycles. The molecule has 1 unspecified atom stereocenters. The van der Waals surface area contributed by atoms with Gasteiger partial charge in [0.15, 0.2) is 0 Å². The number of aromatic nitrogens is 2. The summed E-state index contributed by atoms with van der Waals surface area (Å²) in [6, 6.07) is 0.159. The van der Waals surface area contributed by atoms with Gasteiger partial charge in [-0.3, -0.25) is 10.00 Å². The van der Waals surface area contributed by atoms with Gasteiger partial charge >= 0.3 is 0 Å². The lowest BCUT2D eigenvalue weighted by Crippen LogP contribution is -2.54. The van der Waals surface area contributed by atoms with E-state index in [1.54, 1.807) is 6.92 Å². The second-order valence-electron chi connectivity index (χ2n) is 5.58. The summed E-state index contributed by atoms with van der Waals surface area (Å²) < 4.78 is 27.6. The van der Waals surface area contributed by atoms with E-state index in [4.69, 9.17) is 5.73 Å². The van der Waals surface area contributed by atoms with Gasteiger partial charge in [0.2, 0.25) is 10.0 Å². The molecule has 8 nitrogen and oxygen atoms in total. The van der Waals surface area contributed by atoms with Crippen LogP contribution in [-0.4, -0.2) is 74.7 Å². The zero-order valence-electron chi connectivity index (χ0n) is 12.8. The lowest BCUT2D eigenvalue weighted by Gasteiger charge is -2.37. The molecule has 1 aromatic heterocycles. The summed E-state index contributed by atoms with van der Waals surface area (Å²) in [7, 11) is 0.458. The SMILES string of the molecule is Cc1[nH]nc(CN)c1S(=O)(=O)NCC1CN(C)CCN1C. The van der Waals surface area contributed by atoms with E-state index in [9.17, 15) is 8.42 Å². The summed E-state index contributed by atoms with van der Waals surface area (Å²) >= 11 is 0. The maximum atomic E-state index is 12.5. The van der Waals surface area contributed by atoms with E-state index < -0.39 is 10.0 Å². The minimum Gasteiger partial charge on any atom is -0.325 e. The van der Waals surface area contributed by atoms with Crippen molar-refractivity contribution in [2.45, 2.75) is 24.4 Å². The Morgan fingerprint density at radius 3 is 2.81 bits per heavy atom. The fourth-order valence-electron chi connectivity index (χ4n) is 2.56. The van der Waals surface area contributed by atoms with Gasteiger partial charge < -0.3 is 10.6 Å². The predicted molar refractivity (Wildman–Crippen MR) is 80.3 cm³/mol. The van der Waals surface area contributed by atoms with Crippen LogP contribution >= 0.6 is 0 Å². The quantitative estimate of drug-likeness (QED) is 0.623. The van der Waals surface area contributed by atoms with E-state index in [1.807, 2.05) is 14.1 Å². The van der Waals surface area contributed by atoms with Crippen molar-refractivity contribution < 1.29 is 8.42 Å². The topological polar surface area (TPSA) is 107 Å². The molecule has 0 radical (unpaired) electrons. The van der Waals surface area contributed by atoms with Gasteiger partial charge in [-0.25, -0.2) is 13.1 Å². The van der Waals surface area contributed by atoms with Crippen molar-refractivity contribution in [2.24, 2.45) is 5.73 Å². The molecule has 9 heteroatoms. The maximum Gasteiger partial charge on any atom is 0.244 e. The predicted octanol–water partition coefficient (Wildman–Crippen LogP) is -1.30. The normalized spacial score (nSPS) is 21.8. The zero-order chi connectivity index (χ0) is 15.6. The molecular formula is C12H24N6O2S. The second kappa shape index (κ2) is 6.41. The Morgan fingerprint density at radius 2 is 2.14 bits per heavy atom. The summed E-state index contributed by atoms with van der Waals surface area (Å²) in [6.45, 7) is 4.92. The number of aromatic amines is 1. The van der Waals surface area contributed by atoms with Crippen molar-refractivity contribution in [3.05, 3.63) is 11.4 Å². The number of nitrogens with one attached hydrogen (secondary N) is 2. The lowest BCUT2D eigenvalue weighted by molar-refractivity contribution is 0.117. The third kappa shape index (κ3) is 3.61. The third-order valence-electron chi connectivity index (χ3n) is 3.91. The highest BCUT2D eigenvalue weighted by molar-refractivity contribution is 7.89. The largest absolute Gasteiger partial charge is 0.325 e. The molecule has 1 aromatic rings. The van der Waals surface area contributed by atoms with E-state index in [-0.39, 0.29) is 17.5 Å². The maximum absolute atomic E-state index is 12.5. The van der Waals surface area contributed by atoms with E-state index in [0.29, 0.717) is 17.9 Å². The van der Waals surface area contributed by atoms with Crippen molar-refractivity contribution in [3.8, 4) is 0 Å². The average Bonchev–Trinajstić information content (AvgIpc) is 2.82. The number of aryl methyl sites for hydroxylation is 1. The van der Waals surface area contributed by atoms with E-state index in [2.05, 4.69) is 24.7 Å². The molecule has 0 aliphatic carbocycles. The van der Waals surface area contributed by atoms with Crippen LogP contribution in [0.2, 0.25) is 0 Å². The van der Waals surface area contributed by atoms with Crippen LogP contribution in [0.25, 0.3) is 0 Å². The molecule has 1 fully saturated rings. The number of hydrogen-bond donors (Lipinski definition) is 3. The first-order valence-corrected chi connectivity index (χ1v) is 8.46. The molecule has 0 bridgehead atoms. The minimum absolute atomic E-state index is 0.0899. The number of nitrogens with two attached hydrogens (primary N) is 1. The number of sulfonamides is 1. The van der Waals surface area contributed by atoms with Crippen LogP contribution in [0.5, 0.6) is 0 Å². The zero-order valence-corrected chi connectivity index (χ0v) is 13.6. The fourth-order valence-corrected chi connectivity index (χ4v) is 4.01. The van der Waals surface area contributed by atoms with Crippen molar-refractivity contribution in [3.63, 3.8) is 0 Å². The number of hydrogen-bond acceptors (Lipinski definition) is 6. The van der Waals surface area contributed by atoms with Crippen molar-refractivity contribution in [1.82, 2.24) is 24.7 Å². The smallest absolute Gasteiger partial charge is 0.244 e. The van der Waals surface area contributed by atoms with Crippen LogP contribution in [0.1, 0.15) is 11.4 Å². The Balaban J connectivity index is 2.09. The second-order valence-corrected chi connectivity index (χ2v) is 7.28. The monoisotopic (exact) mass is 316 g/mol. The Hall–Kier alpha value is -1.00. The molecule has 0 aromatic carbocycles. The molecule has 0 amide bonds. The van der Waals surface area contributed by atoms with Crippen LogP contribution in [0.15, 0.2) is 4.90 Å². The highest BCUT2D eigenvalue weighted by Gasteiger charge is 2.27. The molecule has 21 heavy (non-hydrogen) atoms. The number of H-pyrrole nitrogens is 1. The van der Waals surface area contributed by atoms with Gasteiger partial charge in [-0.2, -0.15) is 5.10 Å². The Labute approximate surface area is 125 Å². The van der Waals surface area contributed by atoms with Gasteiger partial charge in [0, 0.05) is 38.8 Å². The third-order valence-corrected chi connectivity index (χ3v) is 5.54. The van der Waals surface area contributed by atoms with E-state index in [1.165, 1.54) is 0 Å².